The third-order valence-corrected chi connectivity index (χ3v) is 8.68. The zero-order valence-corrected chi connectivity index (χ0v) is 21.9. The van der Waals surface area contributed by atoms with Gasteiger partial charge in [-0.1, -0.05) is 6.08 Å². The van der Waals surface area contributed by atoms with Crippen molar-refractivity contribution in [2.75, 3.05) is 13.7 Å². The van der Waals surface area contributed by atoms with Crippen LogP contribution in [0.2, 0.25) is 0 Å². The highest BCUT2D eigenvalue weighted by atomic mass is 19.4. The number of methoxy groups -OCH3 is 1. The number of aliphatic hydroxyl groups excluding tert-OH is 1. The minimum Gasteiger partial charge on any atom is -0.497 e. The highest BCUT2D eigenvalue weighted by molar-refractivity contribution is 5.83. The summed E-state index contributed by atoms with van der Waals surface area (Å²) in [5.41, 5.74) is -1.49. The number of aromatic nitrogens is 1. The first-order valence-electron chi connectivity index (χ1n) is 13.2. The maximum atomic E-state index is 13.6. The largest absolute Gasteiger partial charge is 0.497 e. The molecule has 1 aromatic heterocycles. The summed E-state index contributed by atoms with van der Waals surface area (Å²) in [6, 6.07) is 8.29. The number of benzene rings is 2. The quantitative estimate of drug-likeness (QED) is 0.285. The minimum absolute atomic E-state index is 0.0647. The van der Waals surface area contributed by atoms with E-state index in [2.05, 4.69) is 11.6 Å². The van der Waals surface area contributed by atoms with Gasteiger partial charge in [0.1, 0.15) is 24.4 Å². The minimum atomic E-state index is -4.92. The zero-order chi connectivity index (χ0) is 28.8. The van der Waals surface area contributed by atoms with E-state index in [0.29, 0.717) is 41.1 Å². The molecule has 2 heterocycles. The SMILES string of the molecule is C=CC1CC2CC[NH+](Cc3cc(C(F)(F)F)cc(C(F)(F)F)c3)C(C(O)c3ccnc4ccc(OC)cc34)CC12. The number of alkyl halides is 6. The summed E-state index contributed by atoms with van der Waals surface area (Å²) in [6.45, 7) is 4.37. The van der Waals surface area contributed by atoms with Crippen molar-refractivity contribution in [1.82, 2.24) is 4.98 Å². The number of hydrogen-bond donors (Lipinski definition) is 2. The number of hydrogen-bond acceptors (Lipinski definition) is 3. The summed E-state index contributed by atoms with van der Waals surface area (Å²) in [5, 5.41) is 12.5. The summed E-state index contributed by atoms with van der Waals surface area (Å²) in [4.78, 5) is 5.13. The fourth-order valence-electron chi connectivity index (χ4n) is 6.54. The van der Waals surface area contributed by atoms with Gasteiger partial charge in [0.2, 0.25) is 0 Å². The maximum absolute atomic E-state index is 13.6. The van der Waals surface area contributed by atoms with Gasteiger partial charge in [0.05, 0.1) is 30.3 Å². The molecular formula is C30H31F6N2O2+. The van der Waals surface area contributed by atoms with Gasteiger partial charge < -0.3 is 14.7 Å². The number of ether oxygens (including phenoxy) is 1. The Morgan fingerprint density at radius 1 is 1.05 bits per heavy atom. The van der Waals surface area contributed by atoms with E-state index in [1.165, 1.54) is 7.11 Å². The van der Waals surface area contributed by atoms with Crippen LogP contribution in [0.15, 0.2) is 61.3 Å². The van der Waals surface area contributed by atoms with Crippen molar-refractivity contribution in [1.29, 1.82) is 0 Å². The highest BCUT2D eigenvalue weighted by Gasteiger charge is 2.47. The molecule has 40 heavy (non-hydrogen) atoms. The Labute approximate surface area is 228 Å². The molecule has 6 unspecified atom stereocenters. The fourth-order valence-corrected chi connectivity index (χ4v) is 6.54. The second kappa shape index (κ2) is 10.7. The average molecular weight is 566 g/mol. The molecule has 214 valence electrons. The Morgan fingerprint density at radius 2 is 1.75 bits per heavy atom. The van der Waals surface area contributed by atoms with Crippen LogP contribution in [-0.2, 0) is 18.9 Å². The molecule has 1 saturated carbocycles. The number of quaternary nitrogens is 1. The van der Waals surface area contributed by atoms with Gasteiger partial charge in [-0.05, 0) is 78.6 Å². The molecule has 0 bridgehead atoms. The third-order valence-electron chi connectivity index (χ3n) is 8.68. The van der Waals surface area contributed by atoms with Crippen molar-refractivity contribution in [3.05, 3.63) is 83.6 Å². The Kier molecular flexibility index (Phi) is 7.60. The number of aliphatic hydroxyl groups is 1. The van der Waals surface area contributed by atoms with Crippen molar-refractivity contribution in [2.24, 2.45) is 17.8 Å². The van der Waals surface area contributed by atoms with Crippen molar-refractivity contribution >= 4 is 10.9 Å². The first kappa shape index (κ1) is 28.4. The van der Waals surface area contributed by atoms with Crippen LogP contribution in [0.25, 0.3) is 10.9 Å². The van der Waals surface area contributed by atoms with Gasteiger partial charge in [-0.2, -0.15) is 26.3 Å². The van der Waals surface area contributed by atoms with E-state index in [9.17, 15) is 31.4 Å². The summed E-state index contributed by atoms with van der Waals surface area (Å²) in [5.74, 6) is 1.45. The van der Waals surface area contributed by atoms with Crippen LogP contribution in [0.1, 0.15) is 47.6 Å². The topological polar surface area (TPSA) is 46.8 Å². The Bertz CT molecular complexity index is 1360. The first-order valence-corrected chi connectivity index (χ1v) is 13.2. The molecule has 2 fully saturated rings. The van der Waals surface area contributed by atoms with Crippen LogP contribution in [0.5, 0.6) is 5.75 Å². The predicted octanol–water partition coefficient (Wildman–Crippen LogP) is 6.00. The van der Waals surface area contributed by atoms with Crippen LogP contribution in [0.3, 0.4) is 0 Å². The molecule has 3 aromatic rings. The van der Waals surface area contributed by atoms with Gasteiger partial charge in [-0.15, -0.1) is 6.58 Å². The molecule has 1 aliphatic carbocycles. The zero-order valence-electron chi connectivity index (χ0n) is 21.9. The monoisotopic (exact) mass is 565 g/mol. The lowest BCUT2D eigenvalue weighted by molar-refractivity contribution is -0.942. The van der Waals surface area contributed by atoms with Crippen LogP contribution in [-0.4, -0.2) is 29.8 Å². The molecule has 0 spiro atoms. The lowest BCUT2D eigenvalue weighted by atomic mass is 9.62. The second-order valence-electron chi connectivity index (χ2n) is 10.9. The Morgan fingerprint density at radius 3 is 2.38 bits per heavy atom. The van der Waals surface area contributed by atoms with Gasteiger partial charge in [0.15, 0.2) is 0 Å². The number of halogens is 6. The molecule has 1 saturated heterocycles. The smallest absolute Gasteiger partial charge is 0.416 e. The molecular weight excluding hydrogens is 534 g/mol. The van der Waals surface area contributed by atoms with E-state index >= 15 is 0 Å². The molecule has 0 amide bonds. The van der Waals surface area contributed by atoms with Crippen molar-refractivity contribution in [3.8, 4) is 5.75 Å². The first-order chi connectivity index (χ1) is 18.9. The number of fused-ring (bicyclic) bond motifs is 2. The number of allylic oxidation sites excluding steroid dienone is 1. The number of pyridine rings is 1. The van der Waals surface area contributed by atoms with E-state index in [1.54, 1.807) is 30.5 Å². The van der Waals surface area contributed by atoms with Crippen LogP contribution in [0, 0.1) is 17.8 Å². The van der Waals surface area contributed by atoms with Crippen molar-refractivity contribution in [2.45, 2.75) is 50.3 Å². The Hall–Kier alpha value is -3.11. The average Bonchev–Trinajstić information content (AvgIpc) is 3.03. The third kappa shape index (κ3) is 5.56. The molecule has 1 aliphatic heterocycles. The fraction of sp³-hybridized carbons (Fsp3) is 0.433. The van der Waals surface area contributed by atoms with Gasteiger partial charge in [-0.25, -0.2) is 0 Å². The van der Waals surface area contributed by atoms with Crippen molar-refractivity contribution < 1.29 is 41.1 Å². The van der Waals surface area contributed by atoms with Gasteiger partial charge in [0.25, 0.3) is 0 Å². The van der Waals surface area contributed by atoms with E-state index in [1.807, 2.05) is 6.08 Å². The summed E-state index contributed by atoms with van der Waals surface area (Å²) in [6.07, 6.45) is -5.11. The molecule has 0 radical (unpaired) electrons. The van der Waals surface area contributed by atoms with Gasteiger partial charge in [0, 0.05) is 23.6 Å². The summed E-state index contributed by atoms with van der Waals surface area (Å²) < 4.78 is 86.8. The molecule has 4 nitrogen and oxygen atoms in total. The standard InChI is InChI=1S/C30H30F6N2O2/c1-3-18-12-19-7-9-38(16-17-10-20(29(31,32)33)13-21(11-17)30(34,35)36)27(15-24(18)19)28(39)23-6-8-37-26-5-4-22(40-2)14-25(23)26/h3-6,8,10-11,13-14,18-19,24,27-28,39H,1,7,9,12,15-16H2,2H3/p+1. The lowest BCUT2D eigenvalue weighted by Gasteiger charge is -2.43. The summed E-state index contributed by atoms with van der Waals surface area (Å²) >= 11 is 0. The lowest BCUT2D eigenvalue weighted by Crippen LogP contribution is -3.15. The normalized spacial score (nSPS) is 25.9. The molecule has 2 N–H and O–H groups in total. The van der Waals surface area contributed by atoms with E-state index in [0.717, 1.165) is 29.9 Å². The predicted molar refractivity (Wildman–Crippen MR) is 138 cm³/mol. The molecule has 10 heteroatoms. The van der Waals surface area contributed by atoms with Crippen molar-refractivity contribution in [3.63, 3.8) is 0 Å². The van der Waals surface area contributed by atoms with Crippen LogP contribution < -0.4 is 9.64 Å². The molecule has 2 aliphatic rings. The number of rotatable bonds is 6. The van der Waals surface area contributed by atoms with E-state index in [4.69, 9.17) is 4.74 Å². The molecule has 2 aromatic carbocycles. The molecule has 6 atom stereocenters. The van der Waals surface area contributed by atoms with E-state index < -0.39 is 35.6 Å². The summed E-state index contributed by atoms with van der Waals surface area (Å²) in [7, 11) is 1.53. The van der Waals surface area contributed by atoms with Crippen LogP contribution >= 0.6 is 0 Å². The second-order valence-corrected chi connectivity index (χ2v) is 10.9. The van der Waals surface area contributed by atoms with E-state index in [-0.39, 0.29) is 30.0 Å². The highest BCUT2D eigenvalue weighted by Crippen LogP contribution is 2.47. The van der Waals surface area contributed by atoms with Gasteiger partial charge in [-0.3, -0.25) is 4.98 Å². The number of nitrogens with zero attached hydrogens (tertiary/aromatic N) is 1. The van der Waals surface area contributed by atoms with Crippen LogP contribution in [0.4, 0.5) is 26.3 Å². The molecule has 5 rings (SSSR count). The Balaban J connectivity index is 1.55. The number of nitrogens with one attached hydrogen (secondary N) is 1. The number of likely N-dealkylation sites (tertiary alicyclic amines) is 1. The maximum Gasteiger partial charge on any atom is 0.416 e. The van der Waals surface area contributed by atoms with Gasteiger partial charge >= 0.3 is 12.4 Å².